The highest BCUT2D eigenvalue weighted by atomic mass is 15.0. The van der Waals surface area contributed by atoms with Crippen molar-refractivity contribution >= 4 is 5.82 Å². The Kier molecular flexibility index (Phi) is 2.60. The molecule has 0 radical (unpaired) electrons. The van der Waals surface area contributed by atoms with Crippen LogP contribution in [-0.4, -0.2) is 9.97 Å². The van der Waals surface area contributed by atoms with Crippen molar-refractivity contribution in [2.24, 2.45) is 11.7 Å². The number of nitrogens with zero attached hydrogens (tertiary/aromatic N) is 2. The van der Waals surface area contributed by atoms with Gasteiger partial charge < -0.3 is 11.5 Å². The third-order valence-electron chi connectivity index (χ3n) is 1.71. The lowest BCUT2D eigenvalue weighted by Crippen LogP contribution is -2.19. The molecule has 0 bridgehead atoms. The predicted molar refractivity (Wildman–Crippen MR) is 48.2 cm³/mol. The summed E-state index contributed by atoms with van der Waals surface area (Å²) in [4.78, 5) is 8.08. The number of hydrogen-bond donors (Lipinski definition) is 2. The molecule has 1 aromatic heterocycles. The molecule has 66 valence electrons. The molecule has 0 aliphatic heterocycles. The first-order chi connectivity index (χ1) is 5.61. The molecule has 0 amide bonds. The minimum atomic E-state index is -0.131. The van der Waals surface area contributed by atoms with Gasteiger partial charge in [-0.25, -0.2) is 9.97 Å². The van der Waals surface area contributed by atoms with Crippen LogP contribution in [-0.2, 0) is 0 Å². The third kappa shape index (κ3) is 1.92. The molecule has 0 aliphatic rings. The van der Waals surface area contributed by atoms with E-state index in [-0.39, 0.29) is 6.04 Å². The lowest BCUT2D eigenvalue weighted by molar-refractivity contribution is 0.491. The molecule has 4 nitrogen and oxygen atoms in total. The van der Waals surface area contributed by atoms with Crippen LogP contribution in [0.5, 0.6) is 0 Å². The number of nitrogens with two attached hydrogens (primary N) is 2. The molecule has 12 heavy (non-hydrogen) atoms. The molecule has 0 spiro atoms. The highest BCUT2D eigenvalue weighted by molar-refractivity contribution is 5.25. The van der Waals surface area contributed by atoms with Gasteiger partial charge in [-0.15, -0.1) is 0 Å². The van der Waals surface area contributed by atoms with E-state index in [0.717, 1.165) is 0 Å². The van der Waals surface area contributed by atoms with Crippen LogP contribution >= 0.6 is 0 Å². The van der Waals surface area contributed by atoms with Crippen molar-refractivity contribution in [2.75, 3.05) is 5.73 Å². The van der Waals surface area contributed by atoms with Gasteiger partial charge in [0.25, 0.3) is 0 Å². The number of aromatic nitrogens is 2. The van der Waals surface area contributed by atoms with Gasteiger partial charge in [0.15, 0.2) is 0 Å². The molecule has 1 rings (SSSR count). The summed E-state index contributed by atoms with van der Waals surface area (Å²) in [5.74, 6) is 1.41. The summed E-state index contributed by atoms with van der Waals surface area (Å²) < 4.78 is 0. The first kappa shape index (κ1) is 8.93. The molecular formula is C8H14N4. The monoisotopic (exact) mass is 166 g/mol. The summed E-state index contributed by atoms with van der Waals surface area (Å²) in [6.07, 6.45) is 1.62. The molecule has 0 aromatic carbocycles. The van der Waals surface area contributed by atoms with E-state index < -0.39 is 0 Å². The van der Waals surface area contributed by atoms with Crippen LogP contribution in [0.15, 0.2) is 12.3 Å². The molecule has 1 aromatic rings. The van der Waals surface area contributed by atoms with Gasteiger partial charge in [-0.3, -0.25) is 0 Å². The van der Waals surface area contributed by atoms with Crippen LogP contribution in [0.2, 0.25) is 0 Å². The summed E-state index contributed by atoms with van der Waals surface area (Å²) >= 11 is 0. The smallest absolute Gasteiger partial charge is 0.147 e. The number of hydrogen-bond acceptors (Lipinski definition) is 4. The number of anilines is 1. The molecule has 1 atom stereocenters. The molecule has 0 aliphatic carbocycles. The van der Waals surface area contributed by atoms with Crippen molar-refractivity contribution in [2.45, 2.75) is 19.9 Å². The minimum Gasteiger partial charge on any atom is -0.384 e. The van der Waals surface area contributed by atoms with Gasteiger partial charge in [-0.2, -0.15) is 0 Å². The quantitative estimate of drug-likeness (QED) is 0.678. The maximum Gasteiger partial charge on any atom is 0.147 e. The fourth-order valence-electron chi connectivity index (χ4n) is 0.847. The van der Waals surface area contributed by atoms with E-state index in [2.05, 4.69) is 9.97 Å². The summed E-state index contributed by atoms with van der Waals surface area (Å²) in [7, 11) is 0. The van der Waals surface area contributed by atoms with Crippen molar-refractivity contribution in [3.05, 3.63) is 18.1 Å². The standard InChI is InChI=1S/C8H14N4/c1-5(2)7(10)8-11-4-3-6(9)12-8/h3-5,7H,10H2,1-2H3,(H2,9,11,12). The second-order valence-corrected chi connectivity index (χ2v) is 3.11. The van der Waals surface area contributed by atoms with Crippen molar-refractivity contribution in [1.29, 1.82) is 0 Å². The van der Waals surface area contributed by atoms with Gasteiger partial charge in [0.2, 0.25) is 0 Å². The first-order valence-corrected chi connectivity index (χ1v) is 3.95. The van der Waals surface area contributed by atoms with Gasteiger partial charge >= 0.3 is 0 Å². The van der Waals surface area contributed by atoms with E-state index >= 15 is 0 Å². The lowest BCUT2D eigenvalue weighted by atomic mass is 10.1. The molecule has 0 saturated carbocycles. The van der Waals surface area contributed by atoms with Crippen LogP contribution in [0, 0.1) is 5.92 Å². The van der Waals surface area contributed by atoms with Crippen LogP contribution in [0.25, 0.3) is 0 Å². The van der Waals surface area contributed by atoms with Crippen molar-refractivity contribution in [1.82, 2.24) is 9.97 Å². The fraction of sp³-hybridized carbons (Fsp3) is 0.500. The summed E-state index contributed by atoms with van der Waals surface area (Å²) in [6.45, 7) is 4.05. The summed E-state index contributed by atoms with van der Waals surface area (Å²) in [6, 6.07) is 1.52. The maximum absolute atomic E-state index is 5.83. The molecule has 1 heterocycles. The Morgan fingerprint density at radius 1 is 1.42 bits per heavy atom. The number of rotatable bonds is 2. The number of nitrogen functional groups attached to an aromatic ring is 1. The largest absolute Gasteiger partial charge is 0.384 e. The fourth-order valence-corrected chi connectivity index (χ4v) is 0.847. The summed E-state index contributed by atoms with van der Waals surface area (Å²) in [5.41, 5.74) is 11.3. The summed E-state index contributed by atoms with van der Waals surface area (Å²) in [5, 5.41) is 0. The lowest BCUT2D eigenvalue weighted by Gasteiger charge is -2.13. The first-order valence-electron chi connectivity index (χ1n) is 3.95. The van der Waals surface area contributed by atoms with E-state index in [1.54, 1.807) is 12.3 Å². The topological polar surface area (TPSA) is 77.8 Å². The average molecular weight is 166 g/mol. The highest BCUT2D eigenvalue weighted by Gasteiger charge is 2.12. The molecule has 1 unspecified atom stereocenters. The molecule has 0 fully saturated rings. The van der Waals surface area contributed by atoms with Gasteiger partial charge in [-0.05, 0) is 12.0 Å². The van der Waals surface area contributed by atoms with E-state index in [9.17, 15) is 0 Å². The molecule has 4 N–H and O–H groups in total. The van der Waals surface area contributed by atoms with Crippen LogP contribution in [0.1, 0.15) is 25.7 Å². The van der Waals surface area contributed by atoms with Crippen LogP contribution in [0.3, 0.4) is 0 Å². The predicted octanol–water partition coefficient (Wildman–Crippen LogP) is 0.715. The van der Waals surface area contributed by atoms with Gasteiger partial charge in [-0.1, -0.05) is 13.8 Å². The Labute approximate surface area is 72.0 Å². The molecular weight excluding hydrogens is 152 g/mol. The Morgan fingerprint density at radius 3 is 2.58 bits per heavy atom. The van der Waals surface area contributed by atoms with E-state index in [4.69, 9.17) is 11.5 Å². The normalized spacial score (nSPS) is 13.3. The van der Waals surface area contributed by atoms with Crippen LogP contribution < -0.4 is 11.5 Å². The van der Waals surface area contributed by atoms with E-state index in [1.807, 2.05) is 13.8 Å². The SMILES string of the molecule is CC(C)C(N)c1nccc(N)n1. The zero-order chi connectivity index (χ0) is 9.14. The van der Waals surface area contributed by atoms with Gasteiger partial charge in [0, 0.05) is 6.20 Å². The Hall–Kier alpha value is -1.16. The third-order valence-corrected chi connectivity index (χ3v) is 1.71. The van der Waals surface area contributed by atoms with Gasteiger partial charge in [0.05, 0.1) is 6.04 Å². The van der Waals surface area contributed by atoms with E-state index in [0.29, 0.717) is 17.6 Å². The van der Waals surface area contributed by atoms with Crippen molar-refractivity contribution in [3.63, 3.8) is 0 Å². The zero-order valence-corrected chi connectivity index (χ0v) is 7.36. The Bertz CT molecular complexity index is 259. The average Bonchev–Trinajstić information content (AvgIpc) is 2.03. The van der Waals surface area contributed by atoms with Crippen LogP contribution in [0.4, 0.5) is 5.82 Å². The zero-order valence-electron chi connectivity index (χ0n) is 7.36. The van der Waals surface area contributed by atoms with E-state index in [1.165, 1.54) is 0 Å². The van der Waals surface area contributed by atoms with Crippen molar-refractivity contribution in [3.8, 4) is 0 Å². The second kappa shape index (κ2) is 3.49. The Balaban J connectivity index is 2.88. The molecule has 4 heteroatoms. The minimum absolute atomic E-state index is 0.131. The van der Waals surface area contributed by atoms with Gasteiger partial charge in [0.1, 0.15) is 11.6 Å². The highest BCUT2D eigenvalue weighted by Crippen LogP contribution is 2.14. The maximum atomic E-state index is 5.83. The second-order valence-electron chi connectivity index (χ2n) is 3.11. The Morgan fingerprint density at radius 2 is 2.08 bits per heavy atom. The van der Waals surface area contributed by atoms with Crippen molar-refractivity contribution < 1.29 is 0 Å². The molecule has 0 saturated heterocycles.